The average molecular weight is 540 g/mol. The summed E-state index contributed by atoms with van der Waals surface area (Å²) in [7, 11) is -4.12. The molecule has 9 heteroatoms. The lowest BCUT2D eigenvalue weighted by molar-refractivity contribution is -0.140. The van der Waals surface area contributed by atoms with Gasteiger partial charge in [-0.1, -0.05) is 48.9 Å². The number of rotatable bonds is 11. The lowest BCUT2D eigenvalue weighted by Crippen LogP contribution is -2.52. The molecule has 0 aromatic heterocycles. The van der Waals surface area contributed by atoms with Gasteiger partial charge in [0.25, 0.3) is 10.0 Å². The molecular weight excluding hydrogens is 505 g/mol. The molecule has 0 aliphatic rings. The standard InChI is InChI=1S/C29H34FN3O4S/c1-5-27(29(35)31-6-2)32(19-23-12-14-24(30)15-13-23)28(34)20-33(25-9-7-8-22(4)18-25)38(36,37)26-16-10-21(3)11-17-26/h7-18,27H,5-6,19-20H2,1-4H3,(H,31,35). The number of halogens is 1. The van der Waals surface area contributed by atoms with Crippen LogP contribution >= 0.6 is 0 Å². The highest BCUT2D eigenvalue weighted by Crippen LogP contribution is 2.26. The zero-order chi connectivity index (χ0) is 27.9. The topological polar surface area (TPSA) is 86.8 Å². The third kappa shape index (κ3) is 6.98. The Morgan fingerprint density at radius 2 is 1.58 bits per heavy atom. The summed E-state index contributed by atoms with van der Waals surface area (Å²) in [6.07, 6.45) is 0.313. The number of carbonyl (C=O) groups excluding carboxylic acids is 2. The van der Waals surface area contributed by atoms with Crippen molar-refractivity contribution in [2.24, 2.45) is 0 Å². The Morgan fingerprint density at radius 3 is 2.16 bits per heavy atom. The van der Waals surface area contributed by atoms with E-state index in [-0.39, 0.29) is 17.3 Å². The number of amides is 2. The Morgan fingerprint density at radius 1 is 0.921 bits per heavy atom. The summed E-state index contributed by atoms with van der Waals surface area (Å²) >= 11 is 0. The quantitative estimate of drug-likeness (QED) is 0.387. The molecule has 7 nitrogen and oxygen atoms in total. The van der Waals surface area contributed by atoms with Crippen LogP contribution in [0, 0.1) is 19.7 Å². The van der Waals surface area contributed by atoms with Gasteiger partial charge in [0, 0.05) is 13.1 Å². The van der Waals surface area contributed by atoms with Crippen LogP contribution in [0.1, 0.15) is 37.0 Å². The van der Waals surface area contributed by atoms with Gasteiger partial charge in [0.15, 0.2) is 0 Å². The molecule has 0 bridgehead atoms. The number of likely N-dealkylation sites (N-methyl/N-ethyl adjacent to an activating group) is 1. The van der Waals surface area contributed by atoms with Crippen LogP contribution in [0.5, 0.6) is 0 Å². The van der Waals surface area contributed by atoms with Crippen molar-refractivity contribution in [2.75, 3.05) is 17.4 Å². The lowest BCUT2D eigenvalue weighted by Gasteiger charge is -2.33. The maximum Gasteiger partial charge on any atom is 0.264 e. The Balaban J connectivity index is 2.05. The van der Waals surface area contributed by atoms with Crippen LogP contribution in [0.3, 0.4) is 0 Å². The van der Waals surface area contributed by atoms with Gasteiger partial charge in [-0.2, -0.15) is 0 Å². The molecule has 3 aromatic carbocycles. The molecule has 3 rings (SSSR count). The zero-order valence-electron chi connectivity index (χ0n) is 22.1. The van der Waals surface area contributed by atoms with Crippen molar-refractivity contribution in [1.82, 2.24) is 10.2 Å². The minimum absolute atomic E-state index is 0.0149. The van der Waals surface area contributed by atoms with Crippen LogP contribution in [0.4, 0.5) is 10.1 Å². The smallest absolute Gasteiger partial charge is 0.264 e. The van der Waals surface area contributed by atoms with Crippen molar-refractivity contribution >= 4 is 27.5 Å². The van der Waals surface area contributed by atoms with Crippen molar-refractivity contribution in [3.8, 4) is 0 Å². The van der Waals surface area contributed by atoms with E-state index in [2.05, 4.69) is 5.32 Å². The first-order valence-corrected chi connectivity index (χ1v) is 14.0. The Hall–Kier alpha value is -3.72. The molecule has 1 atom stereocenters. The molecule has 1 unspecified atom stereocenters. The Labute approximate surface area is 224 Å². The minimum atomic E-state index is -4.12. The highest BCUT2D eigenvalue weighted by atomic mass is 32.2. The summed E-state index contributed by atoms with van der Waals surface area (Å²) in [5.41, 5.74) is 2.69. The van der Waals surface area contributed by atoms with Crippen LogP contribution in [0.2, 0.25) is 0 Å². The monoisotopic (exact) mass is 539 g/mol. The summed E-state index contributed by atoms with van der Waals surface area (Å²) in [5.74, 6) is -1.31. The highest BCUT2D eigenvalue weighted by Gasteiger charge is 2.33. The first kappa shape index (κ1) is 28.8. The predicted octanol–water partition coefficient (Wildman–Crippen LogP) is 4.58. The molecule has 38 heavy (non-hydrogen) atoms. The van der Waals surface area contributed by atoms with Crippen LogP contribution in [0.25, 0.3) is 0 Å². The SMILES string of the molecule is CCNC(=O)C(CC)N(Cc1ccc(F)cc1)C(=O)CN(c1cccc(C)c1)S(=O)(=O)c1ccc(C)cc1. The molecule has 0 fully saturated rings. The fourth-order valence-corrected chi connectivity index (χ4v) is 5.55. The summed E-state index contributed by atoms with van der Waals surface area (Å²) < 4.78 is 42.2. The number of hydrogen-bond donors (Lipinski definition) is 1. The molecule has 3 aromatic rings. The molecule has 202 valence electrons. The van der Waals surface area contributed by atoms with Crippen molar-refractivity contribution in [1.29, 1.82) is 0 Å². The number of anilines is 1. The van der Waals surface area contributed by atoms with Crippen molar-refractivity contribution in [2.45, 2.75) is 51.6 Å². The van der Waals surface area contributed by atoms with E-state index in [0.717, 1.165) is 15.4 Å². The third-order valence-electron chi connectivity index (χ3n) is 6.18. The first-order valence-electron chi connectivity index (χ1n) is 12.5. The number of hydrogen-bond acceptors (Lipinski definition) is 4. The third-order valence-corrected chi connectivity index (χ3v) is 7.97. The van der Waals surface area contributed by atoms with Gasteiger partial charge in [-0.05, 0) is 74.7 Å². The molecule has 1 N–H and O–H groups in total. The van der Waals surface area contributed by atoms with Gasteiger partial charge in [-0.3, -0.25) is 13.9 Å². The van der Waals surface area contributed by atoms with Crippen LogP contribution in [-0.2, 0) is 26.2 Å². The van der Waals surface area contributed by atoms with Crippen molar-refractivity contribution in [3.05, 3.63) is 95.3 Å². The highest BCUT2D eigenvalue weighted by molar-refractivity contribution is 7.92. The summed E-state index contributed by atoms with van der Waals surface area (Å²) in [6, 6.07) is 18.1. The number of nitrogens with one attached hydrogen (secondary N) is 1. The van der Waals surface area contributed by atoms with E-state index in [1.165, 1.54) is 29.2 Å². The van der Waals surface area contributed by atoms with E-state index in [9.17, 15) is 22.4 Å². The van der Waals surface area contributed by atoms with Crippen LogP contribution < -0.4 is 9.62 Å². The molecule has 0 aliphatic carbocycles. The van der Waals surface area contributed by atoms with E-state index < -0.39 is 34.3 Å². The number of nitrogens with zero attached hydrogens (tertiary/aromatic N) is 2. The zero-order valence-corrected chi connectivity index (χ0v) is 23.0. The second kappa shape index (κ2) is 12.7. The van der Waals surface area contributed by atoms with Gasteiger partial charge in [0.05, 0.1) is 10.6 Å². The van der Waals surface area contributed by atoms with E-state index >= 15 is 0 Å². The molecule has 0 heterocycles. The fourth-order valence-electron chi connectivity index (χ4n) is 4.15. The van der Waals surface area contributed by atoms with E-state index in [1.54, 1.807) is 56.3 Å². The maximum atomic E-state index is 13.9. The minimum Gasteiger partial charge on any atom is -0.355 e. The second-order valence-corrected chi connectivity index (χ2v) is 11.0. The maximum absolute atomic E-state index is 13.9. The molecule has 0 radical (unpaired) electrons. The van der Waals surface area contributed by atoms with Gasteiger partial charge in [-0.25, -0.2) is 12.8 Å². The normalized spacial score (nSPS) is 12.0. The van der Waals surface area contributed by atoms with Crippen LogP contribution in [-0.4, -0.2) is 44.3 Å². The molecule has 0 saturated carbocycles. The average Bonchev–Trinajstić information content (AvgIpc) is 2.88. The van der Waals surface area contributed by atoms with E-state index in [4.69, 9.17) is 0 Å². The van der Waals surface area contributed by atoms with Gasteiger partial charge in [0.2, 0.25) is 11.8 Å². The molecule has 0 aliphatic heterocycles. The molecular formula is C29H34FN3O4S. The second-order valence-electron chi connectivity index (χ2n) is 9.13. The number of aryl methyl sites for hydroxylation is 2. The molecule has 0 spiro atoms. The predicted molar refractivity (Wildman–Crippen MR) is 147 cm³/mol. The largest absolute Gasteiger partial charge is 0.355 e. The Kier molecular flexibility index (Phi) is 9.63. The number of carbonyl (C=O) groups is 2. The number of sulfonamides is 1. The molecule has 0 saturated heterocycles. The molecule has 2 amide bonds. The van der Waals surface area contributed by atoms with E-state index in [0.29, 0.717) is 24.2 Å². The van der Waals surface area contributed by atoms with Crippen LogP contribution in [0.15, 0.2) is 77.7 Å². The van der Waals surface area contributed by atoms with Gasteiger partial charge in [0.1, 0.15) is 18.4 Å². The fraction of sp³-hybridized carbons (Fsp3) is 0.310. The van der Waals surface area contributed by atoms with E-state index in [1.807, 2.05) is 19.9 Å². The Bertz CT molecular complexity index is 1360. The van der Waals surface area contributed by atoms with Gasteiger partial charge >= 0.3 is 0 Å². The summed E-state index contributed by atoms with van der Waals surface area (Å²) in [4.78, 5) is 28.2. The summed E-state index contributed by atoms with van der Waals surface area (Å²) in [5, 5.41) is 2.76. The van der Waals surface area contributed by atoms with Gasteiger partial charge in [-0.15, -0.1) is 0 Å². The van der Waals surface area contributed by atoms with Crippen molar-refractivity contribution < 1.29 is 22.4 Å². The lowest BCUT2D eigenvalue weighted by atomic mass is 10.1. The number of benzene rings is 3. The van der Waals surface area contributed by atoms with Crippen molar-refractivity contribution in [3.63, 3.8) is 0 Å². The first-order chi connectivity index (χ1) is 18.1. The van der Waals surface area contributed by atoms with Gasteiger partial charge < -0.3 is 10.2 Å². The summed E-state index contributed by atoms with van der Waals surface area (Å²) in [6.45, 7) is 7.14.